The fraction of sp³-hybridized carbons (Fsp3) is 0. The summed E-state index contributed by atoms with van der Waals surface area (Å²) in [6.07, 6.45) is -2.63. The summed E-state index contributed by atoms with van der Waals surface area (Å²) < 4.78 is 6.02. The average molecular weight is 245 g/mol. The van der Waals surface area contributed by atoms with Crippen LogP contribution in [-0.4, -0.2) is 17.4 Å². The molecule has 0 aromatic heterocycles. The molecule has 1 amide bonds. The van der Waals surface area contributed by atoms with E-state index in [1.807, 2.05) is 30.3 Å². The van der Waals surface area contributed by atoms with Gasteiger partial charge in [0.2, 0.25) is 0 Å². The molecule has 5 nitrogen and oxygen atoms in total. The van der Waals surface area contributed by atoms with Gasteiger partial charge in [-0.3, -0.25) is 4.72 Å². The highest BCUT2D eigenvalue weighted by atomic mass is 33.1. The molecule has 0 unspecified atom stereocenters. The molecule has 0 spiro atoms. The molecule has 1 rings (SSSR count). The Hall–Kier alpha value is -1.34. The van der Waals surface area contributed by atoms with Gasteiger partial charge >= 0.3 is 12.2 Å². The standard InChI is InChI=1S/C8H7NO4S2/c10-7(13-8(11)12)9-15-14-6-4-2-1-3-5-6/h1-5H,(H,9,10)(H,11,12). The van der Waals surface area contributed by atoms with Crippen LogP contribution in [0.5, 0.6) is 0 Å². The van der Waals surface area contributed by atoms with Crippen LogP contribution in [0.15, 0.2) is 35.2 Å². The predicted molar refractivity (Wildman–Crippen MR) is 57.5 cm³/mol. The lowest BCUT2D eigenvalue weighted by Gasteiger charge is -2.01. The Morgan fingerprint density at radius 1 is 1.27 bits per heavy atom. The van der Waals surface area contributed by atoms with E-state index in [4.69, 9.17) is 5.11 Å². The summed E-state index contributed by atoms with van der Waals surface area (Å²) in [4.78, 5) is 21.6. The fourth-order valence-corrected chi connectivity index (χ4v) is 2.15. The van der Waals surface area contributed by atoms with Gasteiger partial charge in [-0.05, 0) is 22.9 Å². The van der Waals surface area contributed by atoms with Crippen LogP contribution in [0.1, 0.15) is 0 Å². The van der Waals surface area contributed by atoms with Gasteiger partial charge in [0.15, 0.2) is 0 Å². The predicted octanol–water partition coefficient (Wildman–Crippen LogP) is 2.75. The van der Waals surface area contributed by atoms with Crippen LogP contribution in [0.25, 0.3) is 0 Å². The maximum atomic E-state index is 10.7. The Morgan fingerprint density at radius 2 is 1.93 bits per heavy atom. The number of carbonyl (C=O) groups is 2. The van der Waals surface area contributed by atoms with Crippen LogP contribution >= 0.6 is 21.8 Å². The van der Waals surface area contributed by atoms with Crippen molar-refractivity contribution in [3.8, 4) is 0 Å². The second kappa shape index (κ2) is 6.20. The third-order valence-electron chi connectivity index (χ3n) is 1.19. The molecular formula is C8H7NO4S2. The van der Waals surface area contributed by atoms with Crippen molar-refractivity contribution >= 4 is 34.0 Å². The number of amides is 1. The first kappa shape index (κ1) is 11.7. The highest BCUT2D eigenvalue weighted by molar-refractivity contribution is 8.76. The number of ether oxygens (including phenoxy) is 1. The van der Waals surface area contributed by atoms with E-state index in [9.17, 15) is 9.59 Å². The minimum atomic E-state index is -1.63. The maximum absolute atomic E-state index is 10.7. The summed E-state index contributed by atoms with van der Waals surface area (Å²) in [7, 11) is 2.27. The van der Waals surface area contributed by atoms with Crippen LogP contribution in [0, 0.1) is 0 Å². The van der Waals surface area contributed by atoms with Crippen LogP contribution < -0.4 is 4.72 Å². The number of nitrogens with one attached hydrogen (secondary N) is 1. The zero-order chi connectivity index (χ0) is 11.1. The zero-order valence-corrected chi connectivity index (χ0v) is 9.01. The van der Waals surface area contributed by atoms with Crippen LogP contribution in [0.4, 0.5) is 9.59 Å². The van der Waals surface area contributed by atoms with Crippen molar-refractivity contribution < 1.29 is 19.4 Å². The topological polar surface area (TPSA) is 75.6 Å². The van der Waals surface area contributed by atoms with Crippen molar-refractivity contribution in [2.75, 3.05) is 0 Å². The van der Waals surface area contributed by atoms with E-state index >= 15 is 0 Å². The molecule has 7 heteroatoms. The number of carbonyl (C=O) groups excluding carboxylic acids is 1. The third kappa shape index (κ3) is 5.18. The van der Waals surface area contributed by atoms with E-state index in [2.05, 4.69) is 9.46 Å². The average Bonchev–Trinajstić information content (AvgIpc) is 2.18. The Balaban J connectivity index is 2.22. The van der Waals surface area contributed by atoms with Gasteiger partial charge in [0.1, 0.15) is 0 Å². The summed E-state index contributed by atoms with van der Waals surface area (Å²) in [6.45, 7) is 0. The van der Waals surface area contributed by atoms with Gasteiger partial charge in [-0.2, -0.15) is 0 Å². The van der Waals surface area contributed by atoms with Crippen molar-refractivity contribution in [2.24, 2.45) is 0 Å². The first-order valence-corrected chi connectivity index (χ1v) is 5.93. The molecule has 80 valence electrons. The van der Waals surface area contributed by atoms with Crippen molar-refractivity contribution in [1.29, 1.82) is 0 Å². The Bertz CT molecular complexity index is 344. The van der Waals surface area contributed by atoms with E-state index in [1.54, 1.807) is 0 Å². The lowest BCUT2D eigenvalue weighted by atomic mass is 10.4. The normalized spacial score (nSPS) is 9.33. The SMILES string of the molecule is O=C(O)OC(=O)NSSc1ccccc1. The number of benzene rings is 1. The van der Waals surface area contributed by atoms with E-state index in [-0.39, 0.29) is 0 Å². The molecule has 0 aliphatic rings. The molecule has 0 saturated heterocycles. The zero-order valence-electron chi connectivity index (χ0n) is 7.38. The van der Waals surface area contributed by atoms with E-state index in [0.29, 0.717) is 0 Å². The minimum Gasteiger partial charge on any atom is -0.449 e. The highest BCUT2D eigenvalue weighted by Crippen LogP contribution is 2.27. The maximum Gasteiger partial charge on any atom is 0.514 e. The molecule has 0 saturated carbocycles. The summed E-state index contributed by atoms with van der Waals surface area (Å²) in [5.41, 5.74) is 0. The molecule has 0 aliphatic carbocycles. The molecule has 0 heterocycles. The molecule has 0 atom stereocenters. The van der Waals surface area contributed by atoms with E-state index in [0.717, 1.165) is 15.9 Å². The van der Waals surface area contributed by atoms with E-state index in [1.165, 1.54) is 10.8 Å². The minimum absolute atomic E-state index is 0.943. The Labute approximate surface area is 93.7 Å². The molecule has 1 aromatic carbocycles. The van der Waals surface area contributed by atoms with E-state index < -0.39 is 12.2 Å². The van der Waals surface area contributed by atoms with Gasteiger partial charge in [-0.25, -0.2) is 9.59 Å². The van der Waals surface area contributed by atoms with Gasteiger partial charge in [0.05, 0.1) is 0 Å². The largest absolute Gasteiger partial charge is 0.514 e. The second-order valence-electron chi connectivity index (χ2n) is 2.24. The number of carboxylic acid groups (broad SMARTS) is 1. The number of rotatable bonds is 3. The Kier molecular flexibility index (Phi) is 4.85. The summed E-state index contributed by atoms with van der Waals surface area (Å²) in [6, 6.07) is 9.32. The first-order valence-electron chi connectivity index (χ1n) is 3.78. The quantitative estimate of drug-likeness (QED) is 0.369. The molecule has 2 N–H and O–H groups in total. The Morgan fingerprint density at radius 3 is 2.53 bits per heavy atom. The molecule has 15 heavy (non-hydrogen) atoms. The second-order valence-corrected chi connectivity index (χ2v) is 4.25. The van der Waals surface area contributed by atoms with Crippen LogP contribution in [0.2, 0.25) is 0 Å². The summed E-state index contributed by atoms with van der Waals surface area (Å²) >= 11 is 0. The van der Waals surface area contributed by atoms with Gasteiger partial charge in [0.25, 0.3) is 0 Å². The van der Waals surface area contributed by atoms with Crippen molar-refractivity contribution in [1.82, 2.24) is 4.72 Å². The third-order valence-corrected chi connectivity index (χ3v) is 3.06. The van der Waals surface area contributed by atoms with Crippen molar-refractivity contribution in [2.45, 2.75) is 4.90 Å². The fourth-order valence-electron chi connectivity index (χ4n) is 0.679. The number of hydrogen-bond acceptors (Lipinski definition) is 5. The molecule has 0 bridgehead atoms. The van der Waals surface area contributed by atoms with Crippen LogP contribution in [0.3, 0.4) is 0 Å². The first-order chi connectivity index (χ1) is 7.18. The summed E-state index contributed by atoms with van der Waals surface area (Å²) in [5, 5.41) is 8.10. The molecule has 0 radical (unpaired) electrons. The molecule has 0 aliphatic heterocycles. The van der Waals surface area contributed by atoms with Gasteiger partial charge in [-0.15, -0.1) is 0 Å². The molecule has 1 aromatic rings. The summed E-state index contributed by atoms with van der Waals surface area (Å²) in [5.74, 6) is 0. The lowest BCUT2D eigenvalue weighted by molar-refractivity contribution is 0.113. The molecule has 0 fully saturated rings. The molecular weight excluding hydrogens is 238 g/mol. The van der Waals surface area contributed by atoms with Gasteiger partial charge in [0, 0.05) is 15.9 Å². The van der Waals surface area contributed by atoms with Crippen LogP contribution in [-0.2, 0) is 4.74 Å². The van der Waals surface area contributed by atoms with Crippen molar-refractivity contribution in [3.05, 3.63) is 30.3 Å². The van der Waals surface area contributed by atoms with Crippen molar-refractivity contribution in [3.63, 3.8) is 0 Å². The lowest BCUT2D eigenvalue weighted by Crippen LogP contribution is -2.19. The monoisotopic (exact) mass is 245 g/mol. The number of hydrogen-bond donors (Lipinski definition) is 2. The highest BCUT2D eigenvalue weighted by Gasteiger charge is 2.07. The van der Waals surface area contributed by atoms with Gasteiger partial charge < -0.3 is 9.84 Å². The van der Waals surface area contributed by atoms with Gasteiger partial charge in [-0.1, -0.05) is 18.2 Å². The smallest absolute Gasteiger partial charge is 0.449 e.